The van der Waals surface area contributed by atoms with E-state index in [2.05, 4.69) is 25.2 Å². The topological polar surface area (TPSA) is 50.7 Å². The zero-order valence-corrected chi connectivity index (χ0v) is 12.4. The van der Waals surface area contributed by atoms with Gasteiger partial charge >= 0.3 is 0 Å². The lowest BCUT2D eigenvalue weighted by Gasteiger charge is -2.29. The molecule has 0 fully saturated rings. The highest BCUT2D eigenvalue weighted by Gasteiger charge is 2.22. The highest BCUT2D eigenvalue weighted by molar-refractivity contribution is 5.47. The van der Waals surface area contributed by atoms with Gasteiger partial charge in [-0.3, -0.25) is 0 Å². The third kappa shape index (κ3) is 3.64. The molecule has 1 aliphatic heterocycles. The fourth-order valence-corrected chi connectivity index (χ4v) is 2.34. The minimum absolute atomic E-state index is 0.0525. The molecule has 0 aromatic heterocycles. The van der Waals surface area contributed by atoms with Crippen LogP contribution in [0.5, 0.6) is 11.5 Å². The smallest absolute Gasteiger partial charge is 0.165 e. The normalized spacial score (nSPS) is 17.4. The number of aliphatic hydroxyl groups excluding tert-OH is 1. The summed E-state index contributed by atoms with van der Waals surface area (Å²) in [7, 11) is 0. The van der Waals surface area contributed by atoms with Gasteiger partial charge in [0.1, 0.15) is 0 Å². The van der Waals surface area contributed by atoms with Crippen LogP contribution in [0.1, 0.15) is 38.7 Å². The van der Waals surface area contributed by atoms with Crippen LogP contribution in [0.25, 0.3) is 0 Å². The summed E-state index contributed by atoms with van der Waals surface area (Å²) in [5.41, 5.74) is 1.06. The first-order chi connectivity index (χ1) is 9.68. The van der Waals surface area contributed by atoms with Crippen molar-refractivity contribution < 1.29 is 14.6 Å². The van der Waals surface area contributed by atoms with Gasteiger partial charge in [-0.1, -0.05) is 19.1 Å². The maximum Gasteiger partial charge on any atom is 0.165 e. The molecule has 2 N–H and O–H groups in total. The van der Waals surface area contributed by atoms with E-state index in [-0.39, 0.29) is 12.1 Å². The lowest BCUT2D eigenvalue weighted by atomic mass is 9.94. The number of fused-ring (bicyclic) bond motifs is 1. The van der Waals surface area contributed by atoms with Crippen LogP contribution in [0.15, 0.2) is 18.2 Å². The number of hydrogen-bond donors (Lipinski definition) is 2. The van der Waals surface area contributed by atoms with Crippen LogP contribution in [0, 0.1) is 0 Å². The molecule has 4 nitrogen and oxygen atoms in total. The van der Waals surface area contributed by atoms with Gasteiger partial charge in [-0.2, -0.15) is 0 Å². The Morgan fingerprint density at radius 2 is 2.10 bits per heavy atom. The second-order valence-electron chi connectivity index (χ2n) is 5.54. The van der Waals surface area contributed by atoms with E-state index in [1.54, 1.807) is 0 Å². The Bertz CT molecular complexity index is 436. The molecule has 20 heavy (non-hydrogen) atoms. The predicted molar refractivity (Wildman–Crippen MR) is 79.3 cm³/mol. The molecule has 1 unspecified atom stereocenters. The van der Waals surface area contributed by atoms with Crippen molar-refractivity contribution >= 4 is 0 Å². The highest BCUT2D eigenvalue weighted by atomic mass is 16.5. The fourth-order valence-electron chi connectivity index (χ4n) is 2.34. The first-order valence-corrected chi connectivity index (χ1v) is 7.42. The molecule has 0 radical (unpaired) electrons. The third-order valence-corrected chi connectivity index (χ3v) is 4.00. The van der Waals surface area contributed by atoms with E-state index in [4.69, 9.17) is 9.47 Å². The Morgan fingerprint density at radius 3 is 2.85 bits per heavy atom. The van der Waals surface area contributed by atoms with E-state index >= 15 is 0 Å². The first kappa shape index (κ1) is 15.1. The molecule has 0 saturated heterocycles. The van der Waals surface area contributed by atoms with Crippen LogP contribution in [0.3, 0.4) is 0 Å². The molecule has 0 amide bonds. The van der Waals surface area contributed by atoms with Crippen molar-refractivity contribution in [2.24, 2.45) is 0 Å². The van der Waals surface area contributed by atoms with Crippen LogP contribution >= 0.6 is 0 Å². The lowest BCUT2D eigenvalue weighted by molar-refractivity contribution is 0.214. The quantitative estimate of drug-likeness (QED) is 0.840. The predicted octanol–water partition coefficient (Wildman–Crippen LogP) is 2.49. The maximum absolute atomic E-state index is 9.17. The monoisotopic (exact) mass is 279 g/mol. The van der Waals surface area contributed by atoms with Gasteiger partial charge in [0.25, 0.3) is 0 Å². The molecule has 1 aliphatic rings. The molecule has 112 valence electrons. The number of rotatable bonds is 6. The number of aliphatic hydroxyl groups is 1. The average molecular weight is 279 g/mol. The standard InChI is InChI=1S/C16H25NO3/c1-3-16(2,8-9-18)17-12-13-6-4-7-14-15(13)20-11-5-10-19-14/h4,6-7,17-18H,3,5,8-12H2,1-2H3. The number of nitrogens with one attached hydrogen (secondary N) is 1. The van der Waals surface area contributed by atoms with Crippen molar-refractivity contribution in [3.05, 3.63) is 23.8 Å². The van der Waals surface area contributed by atoms with Crippen molar-refractivity contribution in [2.45, 2.75) is 45.2 Å². The molecular formula is C16H25NO3. The molecule has 0 saturated carbocycles. The Balaban J connectivity index is 2.10. The molecule has 0 spiro atoms. The first-order valence-electron chi connectivity index (χ1n) is 7.42. The largest absolute Gasteiger partial charge is 0.490 e. The number of ether oxygens (including phenoxy) is 2. The molecule has 2 rings (SSSR count). The van der Waals surface area contributed by atoms with Gasteiger partial charge in [0.05, 0.1) is 13.2 Å². The van der Waals surface area contributed by atoms with E-state index in [9.17, 15) is 5.11 Å². The van der Waals surface area contributed by atoms with E-state index in [1.807, 2.05) is 12.1 Å². The number of hydrogen-bond acceptors (Lipinski definition) is 4. The minimum Gasteiger partial charge on any atom is -0.490 e. The van der Waals surface area contributed by atoms with Gasteiger partial charge in [0.15, 0.2) is 11.5 Å². The maximum atomic E-state index is 9.17. The summed E-state index contributed by atoms with van der Waals surface area (Å²) in [6.07, 6.45) is 2.63. The van der Waals surface area contributed by atoms with Crippen molar-refractivity contribution in [3.8, 4) is 11.5 Å². The Hall–Kier alpha value is -1.26. The summed E-state index contributed by atoms with van der Waals surface area (Å²) in [6.45, 7) is 6.60. The van der Waals surface area contributed by atoms with Crippen LogP contribution in [0.4, 0.5) is 0 Å². The van der Waals surface area contributed by atoms with Gasteiger partial charge in [-0.05, 0) is 25.8 Å². The fraction of sp³-hybridized carbons (Fsp3) is 0.625. The summed E-state index contributed by atoms with van der Waals surface area (Å²) in [6, 6.07) is 6.02. The second-order valence-corrected chi connectivity index (χ2v) is 5.54. The molecule has 0 bridgehead atoms. The molecule has 1 atom stereocenters. The van der Waals surface area contributed by atoms with E-state index in [1.165, 1.54) is 0 Å². The Morgan fingerprint density at radius 1 is 1.30 bits per heavy atom. The number of benzene rings is 1. The summed E-state index contributed by atoms with van der Waals surface area (Å²) in [5.74, 6) is 1.70. The molecule has 1 aromatic carbocycles. The summed E-state index contributed by atoms with van der Waals surface area (Å²) in [4.78, 5) is 0. The van der Waals surface area contributed by atoms with Gasteiger partial charge in [-0.15, -0.1) is 0 Å². The number of para-hydroxylation sites is 1. The molecule has 4 heteroatoms. The van der Waals surface area contributed by atoms with Gasteiger partial charge in [0, 0.05) is 30.7 Å². The van der Waals surface area contributed by atoms with Crippen molar-refractivity contribution in [1.29, 1.82) is 0 Å². The lowest BCUT2D eigenvalue weighted by Crippen LogP contribution is -2.42. The Kier molecular flexibility index (Phi) is 5.26. The van der Waals surface area contributed by atoms with Crippen LogP contribution < -0.4 is 14.8 Å². The minimum atomic E-state index is -0.0525. The van der Waals surface area contributed by atoms with Gasteiger partial charge < -0.3 is 19.9 Å². The molecule has 0 aliphatic carbocycles. The zero-order chi connectivity index (χ0) is 14.4. The van der Waals surface area contributed by atoms with Crippen molar-refractivity contribution in [2.75, 3.05) is 19.8 Å². The van der Waals surface area contributed by atoms with Crippen molar-refractivity contribution in [1.82, 2.24) is 5.32 Å². The van der Waals surface area contributed by atoms with Crippen LogP contribution in [-0.4, -0.2) is 30.5 Å². The Labute approximate surface area is 121 Å². The van der Waals surface area contributed by atoms with Crippen LogP contribution in [0.2, 0.25) is 0 Å². The van der Waals surface area contributed by atoms with Gasteiger partial charge in [-0.25, -0.2) is 0 Å². The third-order valence-electron chi connectivity index (χ3n) is 4.00. The SMILES string of the molecule is CCC(C)(CCO)NCc1cccc2c1OCCCO2. The highest BCUT2D eigenvalue weighted by Crippen LogP contribution is 2.33. The van der Waals surface area contributed by atoms with Crippen LogP contribution in [-0.2, 0) is 6.54 Å². The second kappa shape index (κ2) is 6.95. The van der Waals surface area contributed by atoms with Crippen molar-refractivity contribution in [3.63, 3.8) is 0 Å². The summed E-state index contributed by atoms with van der Waals surface area (Å²) >= 11 is 0. The average Bonchev–Trinajstić information content (AvgIpc) is 2.71. The van der Waals surface area contributed by atoms with E-state index in [0.717, 1.165) is 42.9 Å². The summed E-state index contributed by atoms with van der Waals surface area (Å²) < 4.78 is 11.5. The molecular weight excluding hydrogens is 254 g/mol. The van der Waals surface area contributed by atoms with E-state index in [0.29, 0.717) is 13.2 Å². The molecule has 1 aromatic rings. The zero-order valence-electron chi connectivity index (χ0n) is 12.4. The van der Waals surface area contributed by atoms with Gasteiger partial charge in [0.2, 0.25) is 0 Å². The molecule has 1 heterocycles. The van der Waals surface area contributed by atoms with E-state index < -0.39 is 0 Å². The summed E-state index contributed by atoms with van der Waals surface area (Å²) in [5, 5.41) is 12.7.